The molecule has 3 rings (SSSR count). The van der Waals surface area contributed by atoms with Crippen LogP contribution in [0.5, 0.6) is 5.75 Å². The van der Waals surface area contributed by atoms with Crippen LogP contribution in [0.3, 0.4) is 0 Å². The number of halogens is 4. The molecule has 2 aromatic carbocycles. The molecule has 1 aromatic heterocycles. The maximum absolute atomic E-state index is 13.3. The van der Waals surface area contributed by atoms with Crippen molar-refractivity contribution in [2.24, 2.45) is 0 Å². The van der Waals surface area contributed by atoms with Gasteiger partial charge in [0.1, 0.15) is 18.2 Å². The van der Waals surface area contributed by atoms with Gasteiger partial charge in [-0.2, -0.15) is 0 Å². The molecular formula is C18H11Br2ClFNO2S. The summed E-state index contributed by atoms with van der Waals surface area (Å²) >= 11 is 13.6. The van der Waals surface area contributed by atoms with Gasteiger partial charge >= 0.3 is 0 Å². The average molecular weight is 520 g/mol. The van der Waals surface area contributed by atoms with Crippen molar-refractivity contribution in [2.45, 2.75) is 6.61 Å². The Morgan fingerprint density at radius 1 is 1.15 bits per heavy atom. The standard InChI is InChI=1S/C18H11Br2ClFNO2S/c19-14-6-12(22)7-15(20)17(14)23-18(24)16-5-10(9-26-16)8-25-13-3-1-11(21)2-4-13/h1-7,9H,8H2,(H,23,24). The van der Waals surface area contributed by atoms with E-state index >= 15 is 0 Å². The molecular weight excluding hydrogens is 509 g/mol. The molecule has 0 atom stereocenters. The Kier molecular flexibility index (Phi) is 6.34. The lowest BCUT2D eigenvalue weighted by Gasteiger charge is -2.09. The summed E-state index contributed by atoms with van der Waals surface area (Å²) in [6.45, 7) is 0.343. The molecule has 0 aliphatic carbocycles. The zero-order valence-electron chi connectivity index (χ0n) is 13.1. The van der Waals surface area contributed by atoms with Crippen molar-refractivity contribution in [1.82, 2.24) is 0 Å². The minimum absolute atomic E-state index is 0.277. The molecule has 134 valence electrons. The van der Waals surface area contributed by atoms with Crippen LogP contribution in [0.2, 0.25) is 5.02 Å². The number of benzene rings is 2. The zero-order valence-corrected chi connectivity index (χ0v) is 17.8. The van der Waals surface area contributed by atoms with Crippen molar-refractivity contribution in [3.63, 3.8) is 0 Å². The minimum atomic E-state index is -0.403. The summed E-state index contributed by atoms with van der Waals surface area (Å²) < 4.78 is 19.9. The second kappa shape index (κ2) is 8.52. The topological polar surface area (TPSA) is 38.3 Å². The molecule has 0 aliphatic rings. The summed E-state index contributed by atoms with van der Waals surface area (Å²) in [5, 5.41) is 5.28. The number of carbonyl (C=O) groups excluding carboxylic acids is 1. The van der Waals surface area contributed by atoms with Gasteiger partial charge in [0.05, 0.1) is 10.6 Å². The van der Waals surface area contributed by atoms with Gasteiger partial charge in [-0.25, -0.2) is 4.39 Å². The third-order valence-corrected chi connectivity index (χ3v) is 5.82. The van der Waals surface area contributed by atoms with Crippen LogP contribution in [-0.4, -0.2) is 5.91 Å². The van der Waals surface area contributed by atoms with Crippen LogP contribution in [0, 0.1) is 5.82 Å². The van der Waals surface area contributed by atoms with E-state index in [9.17, 15) is 9.18 Å². The molecule has 0 saturated heterocycles. The highest BCUT2D eigenvalue weighted by Gasteiger charge is 2.14. The van der Waals surface area contributed by atoms with E-state index in [1.54, 1.807) is 30.3 Å². The van der Waals surface area contributed by atoms with E-state index in [1.165, 1.54) is 23.5 Å². The summed E-state index contributed by atoms with van der Waals surface area (Å²) in [6, 6.07) is 11.4. The minimum Gasteiger partial charge on any atom is -0.489 e. The molecule has 0 unspecified atom stereocenters. The third kappa shape index (κ3) is 4.85. The van der Waals surface area contributed by atoms with Crippen molar-refractivity contribution >= 4 is 66.4 Å². The Labute approximate surface area is 175 Å². The van der Waals surface area contributed by atoms with Gasteiger partial charge in [-0.3, -0.25) is 4.79 Å². The quantitative estimate of drug-likeness (QED) is 0.398. The molecule has 1 amide bonds. The lowest BCUT2D eigenvalue weighted by Crippen LogP contribution is -2.11. The first-order chi connectivity index (χ1) is 12.4. The Balaban J connectivity index is 1.65. The molecule has 0 radical (unpaired) electrons. The lowest BCUT2D eigenvalue weighted by atomic mass is 10.3. The fourth-order valence-corrected chi connectivity index (χ4v) is 4.35. The van der Waals surface area contributed by atoms with Crippen molar-refractivity contribution in [3.05, 3.63) is 78.1 Å². The number of carbonyl (C=O) groups is 1. The Morgan fingerprint density at radius 3 is 2.46 bits per heavy atom. The first kappa shape index (κ1) is 19.4. The number of anilines is 1. The van der Waals surface area contributed by atoms with Gasteiger partial charge in [-0.05, 0) is 79.7 Å². The van der Waals surface area contributed by atoms with Crippen LogP contribution in [0.15, 0.2) is 56.8 Å². The monoisotopic (exact) mass is 517 g/mol. The number of hydrogen-bond acceptors (Lipinski definition) is 3. The summed E-state index contributed by atoms with van der Waals surface area (Å²) in [5.41, 5.74) is 1.36. The van der Waals surface area contributed by atoms with Crippen LogP contribution in [-0.2, 0) is 6.61 Å². The van der Waals surface area contributed by atoms with Gasteiger partial charge < -0.3 is 10.1 Å². The highest BCUT2D eigenvalue weighted by Crippen LogP contribution is 2.32. The van der Waals surface area contributed by atoms with Gasteiger partial charge in [0, 0.05) is 19.5 Å². The SMILES string of the molecule is O=C(Nc1c(Br)cc(F)cc1Br)c1cc(COc2ccc(Cl)cc2)cs1. The molecule has 8 heteroatoms. The van der Waals surface area contributed by atoms with E-state index in [0.717, 1.165) is 5.56 Å². The van der Waals surface area contributed by atoms with Gasteiger partial charge in [-0.1, -0.05) is 11.6 Å². The largest absolute Gasteiger partial charge is 0.489 e. The number of thiophene rings is 1. The summed E-state index contributed by atoms with van der Waals surface area (Å²) in [7, 11) is 0. The maximum atomic E-state index is 13.3. The van der Waals surface area contributed by atoms with E-state index < -0.39 is 5.82 Å². The van der Waals surface area contributed by atoms with Crippen molar-refractivity contribution in [1.29, 1.82) is 0 Å². The summed E-state index contributed by atoms with van der Waals surface area (Å²) in [6.07, 6.45) is 0. The first-order valence-corrected chi connectivity index (χ1v) is 10.2. The fourth-order valence-electron chi connectivity index (χ4n) is 2.10. The number of ether oxygens (including phenoxy) is 1. The van der Waals surface area contributed by atoms with Crippen molar-refractivity contribution < 1.29 is 13.9 Å². The second-order valence-electron chi connectivity index (χ2n) is 5.26. The van der Waals surface area contributed by atoms with E-state index in [1.807, 2.05) is 5.38 Å². The van der Waals surface area contributed by atoms with Crippen LogP contribution >= 0.6 is 54.8 Å². The molecule has 0 aliphatic heterocycles. The van der Waals surface area contributed by atoms with Crippen molar-refractivity contribution in [3.8, 4) is 5.75 Å². The van der Waals surface area contributed by atoms with Gasteiger partial charge in [0.25, 0.3) is 5.91 Å². The number of nitrogens with one attached hydrogen (secondary N) is 1. The Morgan fingerprint density at radius 2 is 1.81 bits per heavy atom. The van der Waals surface area contributed by atoms with Gasteiger partial charge in [0.2, 0.25) is 0 Å². The second-order valence-corrected chi connectivity index (χ2v) is 8.32. The van der Waals surface area contributed by atoms with Crippen molar-refractivity contribution in [2.75, 3.05) is 5.32 Å². The molecule has 1 heterocycles. The highest BCUT2D eigenvalue weighted by molar-refractivity contribution is 9.11. The van der Waals surface area contributed by atoms with Gasteiger partial charge in [0.15, 0.2) is 0 Å². The lowest BCUT2D eigenvalue weighted by molar-refractivity contribution is 0.103. The van der Waals surface area contributed by atoms with Gasteiger partial charge in [-0.15, -0.1) is 11.3 Å². The normalized spacial score (nSPS) is 10.6. The molecule has 1 N–H and O–H groups in total. The molecule has 3 aromatic rings. The average Bonchev–Trinajstić information content (AvgIpc) is 3.06. The predicted octanol–water partition coefficient (Wildman–Crippen LogP) is 6.90. The number of amides is 1. The molecule has 0 bridgehead atoms. The maximum Gasteiger partial charge on any atom is 0.265 e. The van der Waals surface area contributed by atoms with Crippen LogP contribution < -0.4 is 10.1 Å². The Bertz CT molecular complexity index is 924. The fraction of sp³-hybridized carbons (Fsp3) is 0.0556. The molecule has 3 nitrogen and oxygen atoms in total. The van der Waals surface area contributed by atoms with E-state index in [4.69, 9.17) is 16.3 Å². The predicted molar refractivity (Wildman–Crippen MR) is 110 cm³/mol. The Hall–Kier alpha value is -1.41. The summed E-state index contributed by atoms with van der Waals surface area (Å²) in [5.74, 6) is 0.0195. The summed E-state index contributed by atoms with van der Waals surface area (Å²) in [4.78, 5) is 13.0. The van der Waals surface area contributed by atoms with E-state index in [-0.39, 0.29) is 5.91 Å². The third-order valence-electron chi connectivity index (χ3n) is 3.34. The zero-order chi connectivity index (χ0) is 18.7. The van der Waals surface area contributed by atoms with E-state index in [2.05, 4.69) is 37.2 Å². The molecule has 0 fully saturated rings. The molecule has 0 spiro atoms. The van der Waals surface area contributed by atoms with E-state index in [0.29, 0.717) is 36.9 Å². The number of rotatable bonds is 5. The smallest absolute Gasteiger partial charge is 0.265 e. The molecule has 26 heavy (non-hydrogen) atoms. The van der Waals surface area contributed by atoms with Crippen LogP contribution in [0.25, 0.3) is 0 Å². The van der Waals surface area contributed by atoms with Crippen LogP contribution in [0.1, 0.15) is 15.2 Å². The first-order valence-electron chi connectivity index (χ1n) is 7.34. The highest BCUT2D eigenvalue weighted by atomic mass is 79.9. The number of hydrogen-bond donors (Lipinski definition) is 1. The van der Waals surface area contributed by atoms with Crippen LogP contribution in [0.4, 0.5) is 10.1 Å². The molecule has 0 saturated carbocycles.